The summed E-state index contributed by atoms with van der Waals surface area (Å²) in [5.41, 5.74) is 3.16. The van der Waals surface area contributed by atoms with Crippen molar-refractivity contribution in [3.8, 4) is 0 Å². The van der Waals surface area contributed by atoms with E-state index in [-0.39, 0.29) is 8.80 Å². The third kappa shape index (κ3) is 6.47. The lowest BCUT2D eigenvalue weighted by Crippen LogP contribution is -2.28. The molecule has 28 heavy (non-hydrogen) atoms. The molecule has 0 unspecified atom stereocenters. The molecule has 158 valence electrons. The molecule has 0 nitrogen and oxygen atoms in total. The number of benzene rings is 1. The van der Waals surface area contributed by atoms with Crippen molar-refractivity contribution in [3.63, 3.8) is 0 Å². The third-order valence-corrected chi connectivity index (χ3v) is 11.8. The van der Waals surface area contributed by atoms with E-state index >= 15 is 0 Å². The first-order valence-electron chi connectivity index (χ1n) is 12.8. The van der Waals surface area contributed by atoms with Crippen LogP contribution in [0.1, 0.15) is 102 Å². The van der Waals surface area contributed by atoms with Gasteiger partial charge in [0.05, 0.1) is 0 Å². The van der Waals surface area contributed by atoms with E-state index in [0.717, 1.165) is 23.7 Å². The van der Waals surface area contributed by atoms with Gasteiger partial charge in [-0.3, -0.25) is 0 Å². The van der Waals surface area contributed by atoms with Crippen LogP contribution in [0.5, 0.6) is 0 Å². The standard InChI is InChI=1S/C27H46Si/c1-4-6-7-18-28-19-16-27(17-20-28)26-14-12-25(13-15-26)24-10-8-23(9-11-24)21-22(3)5-2/h8-11,22,25-28H,4-7,12-21H2,1-3H3/t22-,25-,26-,27?,28?/m0/s1. The zero-order chi connectivity index (χ0) is 19.8. The number of unbranched alkanes of at least 4 members (excludes halogenated alkanes) is 2. The van der Waals surface area contributed by atoms with Crippen LogP contribution in [0.25, 0.3) is 0 Å². The summed E-state index contributed by atoms with van der Waals surface area (Å²) in [5.74, 6) is 3.81. The van der Waals surface area contributed by atoms with Gasteiger partial charge in [-0.05, 0) is 66.9 Å². The van der Waals surface area contributed by atoms with Gasteiger partial charge in [0, 0.05) is 8.80 Å². The van der Waals surface area contributed by atoms with Crippen molar-refractivity contribution in [2.45, 2.75) is 115 Å². The van der Waals surface area contributed by atoms with Crippen molar-refractivity contribution in [2.75, 3.05) is 0 Å². The fourth-order valence-electron chi connectivity index (χ4n) is 6.03. The fourth-order valence-corrected chi connectivity index (χ4v) is 9.56. The van der Waals surface area contributed by atoms with Gasteiger partial charge >= 0.3 is 0 Å². The predicted octanol–water partition coefficient (Wildman–Crippen LogP) is 8.38. The second kappa shape index (κ2) is 11.6. The predicted molar refractivity (Wildman–Crippen MR) is 128 cm³/mol. The Kier molecular flexibility index (Phi) is 9.15. The molecule has 1 saturated heterocycles. The molecule has 0 spiro atoms. The quantitative estimate of drug-likeness (QED) is 0.289. The Morgan fingerprint density at radius 3 is 2.11 bits per heavy atom. The van der Waals surface area contributed by atoms with Crippen LogP contribution in [-0.2, 0) is 6.42 Å². The minimum atomic E-state index is -0.330. The van der Waals surface area contributed by atoms with Crippen molar-refractivity contribution in [3.05, 3.63) is 35.4 Å². The highest BCUT2D eigenvalue weighted by molar-refractivity contribution is 6.58. The van der Waals surface area contributed by atoms with Crippen LogP contribution in [0.3, 0.4) is 0 Å². The van der Waals surface area contributed by atoms with E-state index in [1.54, 1.807) is 43.0 Å². The first kappa shape index (κ1) is 22.1. The monoisotopic (exact) mass is 398 g/mol. The summed E-state index contributed by atoms with van der Waals surface area (Å²) in [6.07, 6.45) is 16.1. The maximum absolute atomic E-state index is 2.45. The van der Waals surface area contributed by atoms with Crippen molar-refractivity contribution in [1.29, 1.82) is 0 Å². The number of hydrogen-bond donors (Lipinski definition) is 0. The molecule has 1 aromatic rings. The lowest BCUT2D eigenvalue weighted by Gasteiger charge is -2.37. The molecule has 1 atom stereocenters. The molecule has 0 amide bonds. The first-order chi connectivity index (χ1) is 13.7. The third-order valence-electron chi connectivity index (χ3n) is 8.28. The van der Waals surface area contributed by atoms with Gasteiger partial charge < -0.3 is 0 Å². The summed E-state index contributed by atoms with van der Waals surface area (Å²) < 4.78 is 0. The minimum Gasteiger partial charge on any atom is -0.0654 e. The van der Waals surface area contributed by atoms with Crippen molar-refractivity contribution < 1.29 is 0 Å². The average molecular weight is 399 g/mol. The van der Waals surface area contributed by atoms with Crippen LogP contribution in [-0.4, -0.2) is 8.80 Å². The average Bonchev–Trinajstić information content (AvgIpc) is 2.75. The van der Waals surface area contributed by atoms with Crippen molar-refractivity contribution in [2.24, 2.45) is 17.8 Å². The van der Waals surface area contributed by atoms with E-state index in [9.17, 15) is 0 Å². The molecule has 1 heteroatoms. The summed E-state index contributed by atoms with van der Waals surface area (Å²) in [5, 5.41) is 0. The highest BCUT2D eigenvalue weighted by Gasteiger charge is 2.31. The van der Waals surface area contributed by atoms with Crippen LogP contribution in [0.2, 0.25) is 18.1 Å². The highest BCUT2D eigenvalue weighted by Crippen LogP contribution is 2.43. The first-order valence-corrected chi connectivity index (χ1v) is 15.2. The van der Waals surface area contributed by atoms with E-state index in [1.165, 1.54) is 56.9 Å². The molecule has 2 fully saturated rings. The Morgan fingerprint density at radius 1 is 0.857 bits per heavy atom. The molecule has 0 radical (unpaired) electrons. The number of rotatable bonds is 9. The topological polar surface area (TPSA) is 0 Å². The summed E-state index contributed by atoms with van der Waals surface area (Å²) >= 11 is 0. The van der Waals surface area contributed by atoms with Gasteiger partial charge in [0.15, 0.2) is 0 Å². The lowest BCUT2D eigenvalue weighted by molar-refractivity contribution is 0.216. The van der Waals surface area contributed by atoms with Crippen molar-refractivity contribution >= 4 is 8.80 Å². The number of hydrogen-bond acceptors (Lipinski definition) is 0. The van der Waals surface area contributed by atoms with Crippen molar-refractivity contribution in [1.82, 2.24) is 0 Å². The van der Waals surface area contributed by atoms with E-state index < -0.39 is 0 Å². The molecule has 1 aliphatic heterocycles. The summed E-state index contributed by atoms with van der Waals surface area (Å²) in [6, 6.07) is 14.7. The lowest BCUT2D eigenvalue weighted by atomic mass is 9.72. The largest absolute Gasteiger partial charge is 0.0654 e. The van der Waals surface area contributed by atoms with E-state index in [4.69, 9.17) is 0 Å². The Hall–Kier alpha value is -0.563. The van der Waals surface area contributed by atoms with Gasteiger partial charge in [-0.2, -0.15) is 0 Å². The maximum atomic E-state index is 2.45. The second-order valence-electron chi connectivity index (χ2n) is 10.3. The molecule has 2 aliphatic rings. The fraction of sp³-hybridized carbons (Fsp3) is 0.778. The van der Waals surface area contributed by atoms with Gasteiger partial charge in [0.25, 0.3) is 0 Å². The second-order valence-corrected chi connectivity index (χ2v) is 13.8. The van der Waals surface area contributed by atoms with E-state index in [0.29, 0.717) is 0 Å². The van der Waals surface area contributed by atoms with Crippen LogP contribution in [0, 0.1) is 17.8 Å². The molecule has 1 heterocycles. The van der Waals surface area contributed by atoms with E-state index in [1.807, 2.05) is 0 Å². The maximum Gasteiger partial charge on any atom is 0.0368 e. The molecule has 1 aromatic carbocycles. The Balaban J connectivity index is 1.40. The highest BCUT2D eigenvalue weighted by atomic mass is 28.3. The molecule has 1 aliphatic carbocycles. The van der Waals surface area contributed by atoms with Crippen LogP contribution >= 0.6 is 0 Å². The van der Waals surface area contributed by atoms with Gasteiger partial charge in [0.2, 0.25) is 0 Å². The molecule has 0 aromatic heterocycles. The molecular formula is C27H46Si. The SMILES string of the molecule is CCCCC[SiH]1CCC([C@H]2CC[C@H](c3ccc(C[C@@H](C)CC)cc3)CC2)CC1. The molecule has 0 bridgehead atoms. The van der Waals surface area contributed by atoms with Crippen LogP contribution < -0.4 is 0 Å². The smallest absolute Gasteiger partial charge is 0.0368 e. The van der Waals surface area contributed by atoms with Crippen LogP contribution in [0.15, 0.2) is 24.3 Å². The molecule has 1 saturated carbocycles. The summed E-state index contributed by atoms with van der Waals surface area (Å²) in [4.78, 5) is 0. The minimum absolute atomic E-state index is 0.330. The molecular weight excluding hydrogens is 352 g/mol. The Bertz CT molecular complexity index is 532. The van der Waals surface area contributed by atoms with E-state index in [2.05, 4.69) is 45.0 Å². The van der Waals surface area contributed by atoms with Gasteiger partial charge in [0.1, 0.15) is 0 Å². The molecule has 0 N–H and O–H groups in total. The van der Waals surface area contributed by atoms with Crippen LogP contribution in [0.4, 0.5) is 0 Å². The van der Waals surface area contributed by atoms with Gasteiger partial charge in [-0.1, -0.05) is 102 Å². The van der Waals surface area contributed by atoms with Gasteiger partial charge in [-0.25, -0.2) is 0 Å². The summed E-state index contributed by atoms with van der Waals surface area (Å²) in [7, 11) is -0.330. The zero-order valence-electron chi connectivity index (χ0n) is 19.1. The Labute approximate surface area is 177 Å². The molecule has 3 rings (SSSR count). The zero-order valence-corrected chi connectivity index (χ0v) is 20.3. The normalized spacial score (nSPS) is 29.5. The summed E-state index contributed by atoms with van der Waals surface area (Å²) in [6.45, 7) is 7.02. The Morgan fingerprint density at radius 2 is 1.50 bits per heavy atom. The van der Waals surface area contributed by atoms with Gasteiger partial charge in [-0.15, -0.1) is 0 Å².